The normalized spacial score (nSPS) is 11.0. The highest BCUT2D eigenvalue weighted by atomic mass is 35.5. The SMILES string of the molecule is Cc1cc(OCc2c(Cl)cccc2Cl)c2c(C)cc(=O)oc2c1. The van der Waals surface area contributed by atoms with Crippen molar-refractivity contribution < 1.29 is 9.15 Å². The van der Waals surface area contributed by atoms with E-state index in [0.717, 1.165) is 22.1 Å². The van der Waals surface area contributed by atoms with E-state index in [1.54, 1.807) is 18.2 Å². The molecule has 0 aliphatic heterocycles. The van der Waals surface area contributed by atoms with Crippen LogP contribution in [0.5, 0.6) is 5.75 Å². The number of ether oxygens (including phenoxy) is 1. The summed E-state index contributed by atoms with van der Waals surface area (Å²) in [6.07, 6.45) is 0. The van der Waals surface area contributed by atoms with Crippen molar-refractivity contribution in [1.82, 2.24) is 0 Å². The summed E-state index contributed by atoms with van der Waals surface area (Å²) in [5.74, 6) is 0.636. The van der Waals surface area contributed by atoms with Crippen LogP contribution in [0.15, 0.2) is 45.6 Å². The Bertz CT molecular complexity index is 925. The maximum atomic E-state index is 11.6. The molecule has 0 fully saturated rings. The number of halogens is 2. The minimum absolute atomic E-state index is 0.232. The van der Waals surface area contributed by atoms with E-state index in [1.807, 2.05) is 26.0 Å². The molecular weight excluding hydrogens is 335 g/mol. The average Bonchev–Trinajstić information content (AvgIpc) is 2.45. The van der Waals surface area contributed by atoms with Crippen LogP contribution in [0.3, 0.4) is 0 Å². The van der Waals surface area contributed by atoms with Gasteiger partial charge in [-0.15, -0.1) is 0 Å². The molecule has 0 bridgehead atoms. The third kappa shape index (κ3) is 3.21. The Labute approximate surface area is 143 Å². The maximum absolute atomic E-state index is 11.6. The Morgan fingerprint density at radius 2 is 1.78 bits per heavy atom. The molecule has 23 heavy (non-hydrogen) atoms. The third-order valence-electron chi connectivity index (χ3n) is 3.58. The summed E-state index contributed by atoms with van der Waals surface area (Å²) in [7, 11) is 0. The number of hydrogen-bond donors (Lipinski definition) is 0. The van der Waals surface area contributed by atoms with Crippen LogP contribution in [0.4, 0.5) is 0 Å². The standard InChI is InChI=1S/C18H14Cl2O3/c1-10-6-15(18-11(2)8-17(21)23-16(18)7-10)22-9-12-13(19)4-3-5-14(12)20/h3-8H,9H2,1-2H3. The van der Waals surface area contributed by atoms with E-state index >= 15 is 0 Å². The molecular formula is C18H14Cl2O3. The first-order chi connectivity index (χ1) is 11.0. The zero-order valence-corrected chi connectivity index (χ0v) is 14.2. The molecule has 0 radical (unpaired) electrons. The molecule has 0 saturated carbocycles. The third-order valence-corrected chi connectivity index (χ3v) is 4.29. The zero-order valence-electron chi connectivity index (χ0n) is 12.7. The van der Waals surface area contributed by atoms with E-state index in [9.17, 15) is 4.79 Å². The summed E-state index contributed by atoms with van der Waals surface area (Å²) in [5, 5.41) is 1.88. The van der Waals surface area contributed by atoms with Gasteiger partial charge in [0, 0.05) is 21.7 Å². The fourth-order valence-electron chi connectivity index (χ4n) is 2.51. The molecule has 0 amide bonds. The van der Waals surface area contributed by atoms with Gasteiger partial charge >= 0.3 is 5.63 Å². The summed E-state index contributed by atoms with van der Waals surface area (Å²) in [6, 6.07) is 10.5. The Hall–Kier alpha value is -1.97. The molecule has 3 aromatic rings. The quantitative estimate of drug-likeness (QED) is 0.603. The summed E-state index contributed by atoms with van der Waals surface area (Å²) in [5.41, 5.74) is 2.60. The van der Waals surface area contributed by atoms with Gasteiger partial charge in [-0.3, -0.25) is 0 Å². The Balaban J connectivity index is 2.05. The largest absolute Gasteiger partial charge is 0.488 e. The first-order valence-corrected chi connectivity index (χ1v) is 7.82. The van der Waals surface area contributed by atoms with Crippen LogP contribution in [0.1, 0.15) is 16.7 Å². The van der Waals surface area contributed by atoms with Crippen molar-refractivity contribution in [2.24, 2.45) is 0 Å². The van der Waals surface area contributed by atoms with Gasteiger partial charge in [-0.1, -0.05) is 29.3 Å². The van der Waals surface area contributed by atoms with Gasteiger partial charge in [0.05, 0.1) is 5.39 Å². The molecule has 0 saturated heterocycles. The molecule has 0 aliphatic rings. The predicted molar refractivity (Wildman–Crippen MR) is 92.8 cm³/mol. The van der Waals surface area contributed by atoms with Gasteiger partial charge in [0.25, 0.3) is 0 Å². The van der Waals surface area contributed by atoms with E-state index in [-0.39, 0.29) is 12.2 Å². The molecule has 3 rings (SSSR count). The second-order valence-electron chi connectivity index (χ2n) is 5.37. The van der Waals surface area contributed by atoms with E-state index in [0.29, 0.717) is 21.4 Å². The lowest BCUT2D eigenvalue weighted by atomic mass is 10.1. The van der Waals surface area contributed by atoms with Crippen LogP contribution >= 0.6 is 23.2 Å². The van der Waals surface area contributed by atoms with Gasteiger partial charge in [-0.2, -0.15) is 0 Å². The number of benzene rings is 2. The lowest BCUT2D eigenvalue weighted by Gasteiger charge is -2.13. The Morgan fingerprint density at radius 1 is 1.09 bits per heavy atom. The number of aryl methyl sites for hydroxylation is 2. The van der Waals surface area contributed by atoms with Gasteiger partial charge in [-0.05, 0) is 49.2 Å². The summed E-state index contributed by atoms with van der Waals surface area (Å²) >= 11 is 12.3. The first kappa shape index (κ1) is 15.9. The first-order valence-electron chi connectivity index (χ1n) is 7.06. The van der Waals surface area contributed by atoms with Crippen LogP contribution in [0, 0.1) is 13.8 Å². The van der Waals surface area contributed by atoms with Gasteiger partial charge in [0.15, 0.2) is 0 Å². The highest BCUT2D eigenvalue weighted by molar-refractivity contribution is 6.35. The second-order valence-corrected chi connectivity index (χ2v) is 6.19. The zero-order chi connectivity index (χ0) is 16.6. The van der Waals surface area contributed by atoms with Crippen molar-refractivity contribution in [2.75, 3.05) is 0 Å². The smallest absolute Gasteiger partial charge is 0.336 e. The summed E-state index contributed by atoms with van der Waals surface area (Å²) in [6.45, 7) is 4.00. The fraction of sp³-hybridized carbons (Fsp3) is 0.167. The van der Waals surface area contributed by atoms with E-state index in [4.69, 9.17) is 32.4 Å². The number of hydrogen-bond acceptors (Lipinski definition) is 3. The molecule has 0 unspecified atom stereocenters. The second kappa shape index (κ2) is 6.26. The topological polar surface area (TPSA) is 39.4 Å². The molecule has 0 atom stereocenters. The number of fused-ring (bicyclic) bond motifs is 1. The monoisotopic (exact) mass is 348 g/mol. The van der Waals surface area contributed by atoms with Gasteiger partial charge in [-0.25, -0.2) is 4.79 Å². The number of rotatable bonds is 3. The summed E-state index contributed by atoms with van der Waals surface area (Å²) < 4.78 is 11.2. The van der Waals surface area contributed by atoms with Crippen LogP contribution in [-0.4, -0.2) is 0 Å². The van der Waals surface area contributed by atoms with Crippen LogP contribution in [-0.2, 0) is 6.61 Å². The molecule has 1 heterocycles. The van der Waals surface area contributed by atoms with Crippen molar-refractivity contribution in [2.45, 2.75) is 20.5 Å². The lowest BCUT2D eigenvalue weighted by Crippen LogP contribution is -2.02. The molecule has 118 valence electrons. The Morgan fingerprint density at radius 3 is 2.48 bits per heavy atom. The molecule has 1 aromatic heterocycles. The van der Waals surface area contributed by atoms with Crippen LogP contribution in [0.2, 0.25) is 10.0 Å². The van der Waals surface area contributed by atoms with Crippen molar-refractivity contribution in [3.8, 4) is 5.75 Å². The molecule has 2 aromatic carbocycles. The van der Waals surface area contributed by atoms with E-state index in [2.05, 4.69) is 0 Å². The predicted octanol–water partition coefficient (Wildman–Crippen LogP) is 5.30. The highest BCUT2D eigenvalue weighted by Crippen LogP contribution is 2.32. The minimum atomic E-state index is -0.374. The fourth-order valence-corrected chi connectivity index (χ4v) is 3.02. The molecule has 3 nitrogen and oxygen atoms in total. The minimum Gasteiger partial charge on any atom is -0.488 e. The lowest BCUT2D eigenvalue weighted by molar-refractivity contribution is 0.309. The summed E-state index contributed by atoms with van der Waals surface area (Å²) in [4.78, 5) is 11.6. The van der Waals surface area contributed by atoms with E-state index in [1.165, 1.54) is 6.07 Å². The van der Waals surface area contributed by atoms with Gasteiger partial charge in [0.1, 0.15) is 17.9 Å². The molecule has 0 spiro atoms. The van der Waals surface area contributed by atoms with Crippen molar-refractivity contribution in [3.63, 3.8) is 0 Å². The van der Waals surface area contributed by atoms with Crippen molar-refractivity contribution in [1.29, 1.82) is 0 Å². The molecule has 0 aliphatic carbocycles. The Kier molecular flexibility index (Phi) is 4.33. The van der Waals surface area contributed by atoms with Crippen molar-refractivity contribution >= 4 is 34.2 Å². The maximum Gasteiger partial charge on any atom is 0.336 e. The van der Waals surface area contributed by atoms with Gasteiger partial charge in [0.2, 0.25) is 0 Å². The van der Waals surface area contributed by atoms with E-state index < -0.39 is 0 Å². The van der Waals surface area contributed by atoms with Crippen LogP contribution < -0.4 is 10.4 Å². The van der Waals surface area contributed by atoms with Crippen LogP contribution in [0.25, 0.3) is 11.0 Å². The van der Waals surface area contributed by atoms with Gasteiger partial charge < -0.3 is 9.15 Å². The highest BCUT2D eigenvalue weighted by Gasteiger charge is 2.12. The molecule has 0 N–H and O–H groups in total. The van der Waals surface area contributed by atoms with Crippen molar-refractivity contribution in [3.05, 3.63) is 73.6 Å². The molecule has 5 heteroatoms. The average molecular weight is 349 g/mol.